The first-order chi connectivity index (χ1) is 10.2. The van der Waals surface area contributed by atoms with Crippen molar-refractivity contribution in [2.45, 2.75) is 0 Å². The molecule has 0 aromatic heterocycles. The zero-order valence-electron chi connectivity index (χ0n) is 12.3. The van der Waals surface area contributed by atoms with E-state index in [1.807, 2.05) is 24.3 Å². The Bertz CT molecular complexity index is 674. The summed E-state index contributed by atoms with van der Waals surface area (Å²) in [7, 11) is 4.71. The summed E-state index contributed by atoms with van der Waals surface area (Å²) in [6.07, 6.45) is 0. The SMILES string of the molecule is COc1cc(C#Cc2ccccc2N)cc(OC)c1OC. The van der Waals surface area contributed by atoms with Gasteiger partial charge in [-0.25, -0.2) is 0 Å². The van der Waals surface area contributed by atoms with Crippen molar-refractivity contribution in [1.82, 2.24) is 0 Å². The molecule has 2 aromatic rings. The van der Waals surface area contributed by atoms with Crippen LogP contribution in [0.15, 0.2) is 36.4 Å². The molecule has 4 nitrogen and oxygen atoms in total. The van der Waals surface area contributed by atoms with Crippen molar-refractivity contribution in [3.8, 4) is 29.1 Å². The van der Waals surface area contributed by atoms with E-state index in [4.69, 9.17) is 19.9 Å². The van der Waals surface area contributed by atoms with E-state index in [2.05, 4.69) is 11.8 Å². The number of methoxy groups -OCH3 is 3. The Kier molecular flexibility index (Phi) is 4.57. The van der Waals surface area contributed by atoms with Crippen molar-refractivity contribution in [3.05, 3.63) is 47.5 Å². The molecule has 4 heteroatoms. The molecule has 0 unspecified atom stereocenters. The molecule has 0 aliphatic heterocycles. The van der Waals surface area contributed by atoms with Gasteiger partial charge in [-0.1, -0.05) is 24.0 Å². The van der Waals surface area contributed by atoms with Gasteiger partial charge >= 0.3 is 0 Å². The number of nitrogens with two attached hydrogens (primary N) is 1. The molecule has 0 atom stereocenters. The molecule has 0 amide bonds. The second kappa shape index (κ2) is 6.58. The number of ether oxygens (including phenoxy) is 3. The molecule has 0 heterocycles. The molecule has 21 heavy (non-hydrogen) atoms. The third kappa shape index (κ3) is 3.21. The third-order valence-electron chi connectivity index (χ3n) is 2.97. The Labute approximate surface area is 124 Å². The predicted molar refractivity (Wildman–Crippen MR) is 82.9 cm³/mol. The minimum absolute atomic E-state index is 0.546. The lowest BCUT2D eigenvalue weighted by molar-refractivity contribution is 0.324. The Morgan fingerprint density at radius 1 is 0.857 bits per heavy atom. The van der Waals surface area contributed by atoms with Crippen LogP contribution in [0, 0.1) is 11.8 Å². The van der Waals surface area contributed by atoms with Gasteiger partial charge in [0.2, 0.25) is 5.75 Å². The molecular weight excluding hydrogens is 266 g/mol. The number of rotatable bonds is 3. The third-order valence-corrected chi connectivity index (χ3v) is 2.97. The topological polar surface area (TPSA) is 53.7 Å². The van der Waals surface area contributed by atoms with Crippen molar-refractivity contribution < 1.29 is 14.2 Å². The van der Waals surface area contributed by atoms with Crippen LogP contribution in [-0.2, 0) is 0 Å². The zero-order valence-corrected chi connectivity index (χ0v) is 12.3. The van der Waals surface area contributed by atoms with Gasteiger partial charge in [0.05, 0.1) is 21.3 Å². The van der Waals surface area contributed by atoms with E-state index in [-0.39, 0.29) is 0 Å². The van der Waals surface area contributed by atoms with E-state index >= 15 is 0 Å². The number of hydrogen-bond donors (Lipinski definition) is 1. The molecule has 108 valence electrons. The number of nitrogen functional groups attached to an aromatic ring is 1. The second-order valence-electron chi connectivity index (χ2n) is 4.25. The lowest BCUT2D eigenvalue weighted by Gasteiger charge is -2.12. The second-order valence-corrected chi connectivity index (χ2v) is 4.25. The lowest BCUT2D eigenvalue weighted by atomic mass is 10.1. The van der Waals surface area contributed by atoms with Crippen LogP contribution in [0.5, 0.6) is 17.2 Å². The summed E-state index contributed by atoms with van der Waals surface area (Å²) in [4.78, 5) is 0. The predicted octanol–water partition coefficient (Wildman–Crippen LogP) is 2.69. The maximum atomic E-state index is 5.87. The summed E-state index contributed by atoms with van der Waals surface area (Å²) in [5, 5.41) is 0. The first-order valence-corrected chi connectivity index (χ1v) is 6.36. The molecule has 0 radical (unpaired) electrons. The average molecular weight is 283 g/mol. The van der Waals surface area contributed by atoms with Gasteiger partial charge in [-0.3, -0.25) is 0 Å². The van der Waals surface area contributed by atoms with Gasteiger partial charge in [-0.2, -0.15) is 0 Å². The van der Waals surface area contributed by atoms with E-state index in [1.54, 1.807) is 33.5 Å². The van der Waals surface area contributed by atoms with Crippen LogP contribution in [-0.4, -0.2) is 21.3 Å². The monoisotopic (exact) mass is 283 g/mol. The Hall–Kier alpha value is -2.80. The van der Waals surface area contributed by atoms with Gasteiger partial charge in [0, 0.05) is 16.8 Å². The number of anilines is 1. The number of hydrogen-bond acceptors (Lipinski definition) is 4. The van der Waals surface area contributed by atoms with E-state index < -0.39 is 0 Å². The molecule has 0 aliphatic rings. The Morgan fingerprint density at radius 2 is 1.48 bits per heavy atom. The van der Waals surface area contributed by atoms with E-state index in [0.717, 1.165) is 11.1 Å². The molecule has 0 saturated heterocycles. The summed E-state index contributed by atoms with van der Waals surface area (Å²) in [6, 6.07) is 11.1. The lowest BCUT2D eigenvalue weighted by Crippen LogP contribution is -1.95. The normalized spacial score (nSPS) is 9.48. The highest BCUT2D eigenvalue weighted by atomic mass is 16.5. The highest BCUT2D eigenvalue weighted by Crippen LogP contribution is 2.37. The van der Waals surface area contributed by atoms with E-state index in [0.29, 0.717) is 22.9 Å². The van der Waals surface area contributed by atoms with Gasteiger partial charge in [0.25, 0.3) is 0 Å². The summed E-state index contributed by atoms with van der Waals surface area (Å²) in [5.74, 6) is 7.79. The van der Waals surface area contributed by atoms with Gasteiger partial charge < -0.3 is 19.9 Å². The van der Waals surface area contributed by atoms with Crippen LogP contribution < -0.4 is 19.9 Å². The maximum absolute atomic E-state index is 5.87. The van der Waals surface area contributed by atoms with Crippen molar-refractivity contribution in [2.24, 2.45) is 0 Å². The first-order valence-electron chi connectivity index (χ1n) is 6.36. The van der Waals surface area contributed by atoms with Crippen molar-refractivity contribution >= 4 is 5.69 Å². The summed E-state index contributed by atoms with van der Waals surface area (Å²) >= 11 is 0. The molecule has 0 bridgehead atoms. The molecule has 0 aliphatic carbocycles. The molecule has 2 rings (SSSR count). The zero-order chi connectivity index (χ0) is 15.2. The molecule has 2 aromatic carbocycles. The van der Waals surface area contributed by atoms with Crippen LogP contribution in [0.2, 0.25) is 0 Å². The van der Waals surface area contributed by atoms with Crippen molar-refractivity contribution in [2.75, 3.05) is 27.1 Å². The summed E-state index contributed by atoms with van der Waals surface area (Å²) in [5.41, 5.74) is 8.06. The number of benzene rings is 2. The standard InChI is InChI=1S/C17H17NO3/c1-19-15-10-12(11-16(20-2)17(15)21-3)8-9-13-6-4-5-7-14(13)18/h4-7,10-11H,18H2,1-3H3. The molecular formula is C17H17NO3. The first kappa shape index (κ1) is 14.6. The van der Waals surface area contributed by atoms with Crippen LogP contribution in [0.3, 0.4) is 0 Å². The quantitative estimate of drug-likeness (QED) is 0.695. The molecule has 0 spiro atoms. The smallest absolute Gasteiger partial charge is 0.203 e. The van der Waals surface area contributed by atoms with Crippen LogP contribution in [0.4, 0.5) is 5.69 Å². The minimum atomic E-state index is 0.546. The van der Waals surface area contributed by atoms with E-state index in [1.165, 1.54) is 0 Å². The highest BCUT2D eigenvalue weighted by molar-refractivity contribution is 5.61. The fourth-order valence-electron chi connectivity index (χ4n) is 1.90. The Morgan fingerprint density at radius 3 is 2.00 bits per heavy atom. The van der Waals surface area contributed by atoms with Crippen LogP contribution in [0.1, 0.15) is 11.1 Å². The molecule has 2 N–H and O–H groups in total. The number of para-hydroxylation sites is 1. The van der Waals surface area contributed by atoms with E-state index in [9.17, 15) is 0 Å². The molecule has 0 saturated carbocycles. The summed E-state index contributed by atoms with van der Waals surface area (Å²) in [6.45, 7) is 0. The maximum Gasteiger partial charge on any atom is 0.203 e. The average Bonchev–Trinajstić information content (AvgIpc) is 2.52. The van der Waals surface area contributed by atoms with Crippen LogP contribution >= 0.6 is 0 Å². The van der Waals surface area contributed by atoms with Crippen molar-refractivity contribution in [1.29, 1.82) is 0 Å². The van der Waals surface area contributed by atoms with Gasteiger partial charge in [-0.05, 0) is 24.3 Å². The Balaban J connectivity index is 2.45. The largest absolute Gasteiger partial charge is 0.493 e. The van der Waals surface area contributed by atoms with Gasteiger partial charge in [0.15, 0.2) is 11.5 Å². The van der Waals surface area contributed by atoms with Crippen molar-refractivity contribution in [3.63, 3.8) is 0 Å². The fraction of sp³-hybridized carbons (Fsp3) is 0.176. The van der Waals surface area contributed by atoms with Gasteiger partial charge in [-0.15, -0.1) is 0 Å². The van der Waals surface area contributed by atoms with Gasteiger partial charge in [0.1, 0.15) is 0 Å². The highest BCUT2D eigenvalue weighted by Gasteiger charge is 2.12. The van der Waals surface area contributed by atoms with Crippen LogP contribution in [0.25, 0.3) is 0 Å². The summed E-state index contributed by atoms with van der Waals surface area (Å²) < 4.78 is 15.9. The minimum Gasteiger partial charge on any atom is -0.493 e. The fourth-order valence-corrected chi connectivity index (χ4v) is 1.90. The molecule has 0 fully saturated rings.